The van der Waals surface area contributed by atoms with E-state index in [1.165, 1.54) is 0 Å². The van der Waals surface area contributed by atoms with Crippen molar-refractivity contribution in [2.45, 2.75) is 38.0 Å². The normalized spacial score (nSPS) is 13.0. The molecular weight excluding hydrogens is 344 g/mol. The van der Waals surface area contributed by atoms with Gasteiger partial charge in [0.1, 0.15) is 0 Å². The number of benzene rings is 2. The fraction of sp³-hybridized carbons (Fsp3) is 0.278. The molecule has 2 rings (SSSR count). The van der Waals surface area contributed by atoms with Gasteiger partial charge in [0.2, 0.25) is 0 Å². The standard InChI is InChI=1S/C18H21ClN2O2S/c1-13(14-5-9-16(19)10-6-14)20-21-24(22,23)17-11-7-15(8-12-17)18(2,3)4/h5-12,21H,1-4H3/b20-13-. The van der Waals surface area contributed by atoms with Crippen LogP contribution in [-0.2, 0) is 15.4 Å². The highest BCUT2D eigenvalue weighted by atomic mass is 35.5. The highest BCUT2D eigenvalue weighted by Crippen LogP contribution is 2.23. The van der Waals surface area contributed by atoms with E-state index >= 15 is 0 Å². The van der Waals surface area contributed by atoms with E-state index in [9.17, 15) is 8.42 Å². The summed E-state index contributed by atoms with van der Waals surface area (Å²) < 4.78 is 24.7. The summed E-state index contributed by atoms with van der Waals surface area (Å²) in [6.07, 6.45) is 0. The first kappa shape index (κ1) is 18.5. The van der Waals surface area contributed by atoms with Crippen LogP contribution in [0.2, 0.25) is 5.02 Å². The molecule has 0 aliphatic rings. The Hall–Kier alpha value is -1.85. The number of rotatable bonds is 4. The Labute approximate surface area is 148 Å². The number of nitrogens with one attached hydrogen (secondary N) is 1. The van der Waals surface area contributed by atoms with Gasteiger partial charge in [0.25, 0.3) is 10.0 Å². The zero-order valence-corrected chi connectivity index (χ0v) is 15.7. The van der Waals surface area contributed by atoms with Gasteiger partial charge < -0.3 is 0 Å². The Morgan fingerprint density at radius 3 is 2.04 bits per heavy atom. The summed E-state index contributed by atoms with van der Waals surface area (Å²) >= 11 is 5.84. The molecule has 0 radical (unpaired) electrons. The van der Waals surface area contributed by atoms with E-state index in [1.807, 2.05) is 12.1 Å². The van der Waals surface area contributed by atoms with Crippen molar-refractivity contribution in [2.75, 3.05) is 0 Å². The molecule has 0 atom stereocenters. The molecule has 0 aromatic heterocycles. The highest BCUT2D eigenvalue weighted by molar-refractivity contribution is 7.89. The van der Waals surface area contributed by atoms with Crippen molar-refractivity contribution in [1.82, 2.24) is 4.83 Å². The largest absolute Gasteiger partial charge is 0.276 e. The van der Waals surface area contributed by atoms with E-state index in [4.69, 9.17) is 11.6 Å². The monoisotopic (exact) mass is 364 g/mol. The van der Waals surface area contributed by atoms with Crippen molar-refractivity contribution in [1.29, 1.82) is 0 Å². The Bertz CT molecular complexity index is 834. The van der Waals surface area contributed by atoms with Gasteiger partial charge in [0.15, 0.2) is 0 Å². The quantitative estimate of drug-likeness (QED) is 0.648. The predicted octanol–water partition coefficient (Wildman–Crippen LogP) is 4.34. The third kappa shape index (κ3) is 4.58. The van der Waals surface area contributed by atoms with Gasteiger partial charge in [-0.25, -0.2) is 0 Å². The Kier molecular flexibility index (Phi) is 5.35. The summed E-state index contributed by atoms with van der Waals surface area (Å²) in [4.78, 5) is 2.46. The van der Waals surface area contributed by atoms with Gasteiger partial charge in [-0.05, 0) is 47.7 Å². The molecule has 0 aliphatic heterocycles. The summed E-state index contributed by atoms with van der Waals surface area (Å²) in [6, 6.07) is 13.9. The minimum absolute atomic E-state index is 0.0287. The average molecular weight is 365 g/mol. The second-order valence-electron chi connectivity index (χ2n) is 6.57. The number of halogens is 1. The Morgan fingerprint density at radius 1 is 1.00 bits per heavy atom. The van der Waals surface area contributed by atoms with Crippen LogP contribution >= 0.6 is 11.6 Å². The molecule has 0 heterocycles. The zero-order chi connectivity index (χ0) is 18.0. The molecule has 0 saturated heterocycles. The van der Waals surface area contributed by atoms with Crippen molar-refractivity contribution in [2.24, 2.45) is 5.10 Å². The Morgan fingerprint density at radius 2 is 1.54 bits per heavy atom. The predicted molar refractivity (Wildman–Crippen MR) is 99.1 cm³/mol. The molecule has 0 fully saturated rings. The molecule has 0 bridgehead atoms. The maximum Gasteiger partial charge on any atom is 0.276 e. The van der Waals surface area contributed by atoms with Crippen molar-refractivity contribution in [3.63, 3.8) is 0 Å². The molecule has 0 amide bonds. The van der Waals surface area contributed by atoms with Gasteiger partial charge in [0.05, 0.1) is 10.6 Å². The van der Waals surface area contributed by atoms with Crippen molar-refractivity contribution < 1.29 is 8.42 Å². The third-order valence-electron chi connectivity index (χ3n) is 3.63. The van der Waals surface area contributed by atoms with E-state index < -0.39 is 10.0 Å². The maximum atomic E-state index is 12.3. The first-order valence-electron chi connectivity index (χ1n) is 7.52. The van der Waals surface area contributed by atoms with E-state index in [1.54, 1.807) is 43.3 Å². The summed E-state index contributed by atoms with van der Waals surface area (Å²) in [7, 11) is -3.70. The van der Waals surface area contributed by atoms with E-state index in [0.717, 1.165) is 11.1 Å². The zero-order valence-electron chi connectivity index (χ0n) is 14.2. The van der Waals surface area contributed by atoms with E-state index in [2.05, 4.69) is 30.7 Å². The lowest BCUT2D eigenvalue weighted by Crippen LogP contribution is -2.20. The SMILES string of the molecule is C/C(=N/NS(=O)(=O)c1ccc(C(C)(C)C)cc1)c1ccc(Cl)cc1. The van der Waals surface area contributed by atoms with Gasteiger partial charge >= 0.3 is 0 Å². The molecule has 128 valence electrons. The van der Waals surface area contributed by atoms with Crippen LogP contribution in [0.3, 0.4) is 0 Å². The van der Waals surface area contributed by atoms with Crippen molar-refractivity contribution in [3.8, 4) is 0 Å². The van der Waals surface area contributed by atoms with Gasteiger partial charge in [0, 0.05) is 5.02 Å². The number of hydrazone groups is 1. The fourth-order valence-electron chi connectivity index (χ4n) is 2.07. The maximum absolute atomic E-state index is 12.3. The van der Waals surface area contributed by atoms with E-state index in [0.29, 0.717) is 10.7 Å². The van der Waals surface area contributed by atoms with Crippen molar-refractivity contribution in [3.05, 3.63) is 64.7 Å². The van der Waals surface area contributed by atoms with Crippen LogP contribution in [0.25, 0.3) is 0 Å². The van der Waals surface area contributed by atoms with Gasteiger partial charge in [-0.1, -0.05) is 56.6 Å². The number of sulfonamides is 1. The van der Waals surface area contributed by atoms with E-state index in [-0.39, 0.29) is 10.3 Å². The molecule has 1 N–H and O–H groups in total. The average Bonchev–Trinajstić information content (AvgIpc) is 2.53. The Balaban J connectivity index is 2.19. The highest BCUT2D eigenvalue weighted by Gasteiger charge is 2.17. The molecule has 0 saturated carbocycles. The molecule has 24 heavy (non-hydrogen) atoms. The molecule has 0 unspecified atom stereocenters. The minimum atomic E-state index is -3.70. The smallest absolute Gasteiger partial charge is 0.200 e. The molecular formula is C18H21ClN2O2S. The van der Waals surface area contributed by atoms with Crippen LogP contribution in [-0.4, -0.2) is 14.1 Å². The molecule has 6 heteroatoms. The fourth-order valence-corrected chi connectivity index (χ4v) is 3.05. The van der Waals surface area contributed by atoms with Gasteiger partial charge in [-0.2, -0.15) is 18.4 Å². The van der Waals surface area contributed by atoms with Gasteiger partial charge in [-0.15, -0.1) is 0 Å². The summed E-state index contributed by atoms with van der Waals surface area (Å²) in [5.41, 5.74) is 2.40. The lowest BCUT2D eigenvalue weighted by atomic mass is 9.87. The van der Waals surface area contributed by atoms with Crippen LogP contribution in [0.4, 0.5) is 0 Å². The molecule has 4 nitrogen and oxygen atoms in total. The summed E-state index contributed by atoms with van der Waals surface area (Å²) in [5.74, 6) is 0. The first-order chi connectivity index (χ1) is 11.1. The topological polar surface area (TPSA) is 58.5 Å². The summed E-state index contributed by atoms with van der Waals surface area (Å²) in [6.45, 7) is 7.96. The molecule has 0 spiro atoms. The summed E-state index contributed by atoms with van der Waals surface area (Å²) in [5, 5.41) is 4.60. The second kappa shape index (κ2) is 6.95. The van der Waals surface area contributed by atoms with Crippen LogP contribution < -0.4 is 4.83 Å². The molecule has 0 aliphatic carbocycles. The van der Waals surface area contributed by atoms with Crippen molar-refractivity contribution >= 4 is 27.3 Å². The molecule has 2 aromatic rings. The van der Waals surface area contributed by atoms with Crippen LogP contribution in [0.1, 0.15) is 38.8 Å². The lowest BCUT2D eigenvalue weighted by molar-refractivity contribution is 0.580. The first-order valence-corrected chi connectivity index (χ1v) is 9.38. The molecule has 2 aromatic carbocycles. The number of hydrogen-bond acceptors (Lipinski definition) is 3. The number of hydrogen-bond donors (Lipinski definition) is 1. The third-order valence-corrected chi connectivity index (χ3v) is 5.10. The number of nitrogens with zero attached hydrogens (tertiary/aromatic N) is 1. The lowest BCUT2D eigenvalue weighted by Gasteiger charge is -2.19. The van der Waals surface area contributed by atoms with Crippen LogP contribution in [0.15, 0.2) is 58.5 Å². The minimum Gasteiger partial charge on any atom is -0.200 e. The van der Waals surface area contributed by atoms with Gasteiger partial charge in [-0.3, -0.25) is 0 Å². The second-order valence-corrected chi connectivity index (χ2v) is 8.67. The van der Waals surface area contributed by atoms with Crippen LogP contribution in [0, 0.1) is 0 Å². The van der Waals surface area contributed by atoms with Crippen LogP contribution in [0.5, 0.6) is 0 Å².